The van der Waals surface area contributed by atoms with Crippen molar-refractivity contribution in [2.24, 2.45) is 0 Å². The largest absolute Gasteiger partial charge is 0.400 e. The van der Waals surface area contributed by atoms with Crippen LogP contribution in [0, 0.1) is 0 Å². The van der Waals surface area contributed by atoms with Crippen LogP contribution in [0.4, 0.5) is 0 Å². The van der Waals surface area contributed by atoms with Gasteiger partial charge in [-0.3, -0.25) is 0 Å². The highest BCUT2D eigenvalue weighted by molar-refractivity contribution is 4.20. The van der Waals surface area contributed by atoms with Crippen LogP contribution >= 0.6 is 0 Å². The fraction of sp³-hybridized carbons (Fsp3) is 1.00. The molecule has 10 heavy (non-hydrogen) atoms. The van der Waals surface area contributed by atoms with E-state index in [1.54, 1.807) is 13.8 Å². The van der Waals surface area contributed by atoms with Gasteiger partial charge in [0.25, 0.3) is 0 Å². The van der Waals surface area contributed by atoms with E-state index in [9.17, 15) is 0 Å². The predicted molar refractivity (Wildman–Crippen MR) is 41.8 cm³/mol. The van der Waals surface area contributed by atoms with Gasteiger partial charge in [-0.25, -0.2) is 0 Å². The topological polar surface area (TPSA) is 80.9 Å². The Balaban J connectivity index is -0.0000000262. The first-order chi connectivity index (χ1) is 4.73. The molecule has 0 aliphatic rings. The molecule has 0 saturated heterocycles. The van der Waals surface area contributed by atoms with Gasteiger partial charge >= 0.3 is 0 Å². The molecule has 0 heterocycles. The Kier molecular flexibility index (Phi) is 152. The lowest BCUT2D eigenvalue weighted by atomic mass is 10.5. The molecule has 0 spiro atoms. The summed E-state index contributed by atoms with van der Waals surface area (Å²) in [4.78, 5) is 0. The van der Waals surface area contributed by atoms with E-state index >= 15 is 0 Å². The van der Waals surface area contributed by atoms with Gasteiger partial charge in [0.1, 0.15) is 0 Å². The predicted octanol–water partition coefficient (Wildman–Crippen LogP) is -0.787. The Hall–Kier alpha value is -0.160. The Labute approximate surface area is 62.8 Å². The SMILES string of the molecule is CC(C)O.CO.CO.CO. The Bertz CT molecular complexity index is 14.5. The maximum atomic E-state index is 8.06. The molecule has 0 bridgehead atoms. The molecule has 0 aliphatic heterocycles. The molecule has 0 aliphatic carbocycles. The van der Waals surface area contributed by atoms with E-state index < -0.39 is 0 Å². The molecule has 4 N–H and O–H groups in total. The summed E-state index contributed by atoms with van der Waals surface area (Å²) in [6, 6.07) is 0. The van der Waals surface area contributed by atoms with Crippen LogP contribution in [0.2, 0.25) is 0 Å². The standard InChI is InChI=1S/C3H8O.3CH4O/c1-3(2)4;3*1-2/h3-4H,1-2H3;3*2H,1H3. The van der Waals surface area contributed by atoms with Gasteiger partial charge in [-0.15, -0.1) is 0 Å². The van der Waals surface area contributed by atoms with Crippen molar-refractivity contribution in [2.45, 2.75) is 20.0 Å². The third-order valence-electron chi connectivity index (χ3n) is 0. The Morgan fingerprint density at radius 3 is 0.700 bits per heavy atom. The molecule has 4 nitrogen and oxygen atoms in total. The minimum atomic E-state index is -0.167. The van der Waals surface area contributed by atoms with E-state index in [1.807, 2.05) is 0 Å². The number of rotatable bonds is 0. The fourth-order valence-corrected chi connectivity index (χ4v) is 0. The quantitative estimate of drug-likeness (QED) is 0.370. The van der Waals surface area contributed by atoms with E-state index in [0.29, 0.717) is 0 Å². The van der Waals surface area contributed by atoms with Gasteiger partial charge in [0.2, 0.25) is 0 Å². The van der Waals surface area contributed by atoms with E-state index in [1.165, 1.54) is 0 Å². The summed E-state index contributed by atoms with van der Waals surface area (Å²) in [5, 5.41) is 29.1. The van der Waals surface area contributed by atoms with Crippen molar-refractivity contribution in [3.05, 3.63) is 0 Å². The second kappa shape index (κ2) is 67.4. The van der Waals surface area contributed by atoms with Crippen molar-refractivity contribution in [3.63, 3.8) is 0 Å². The number of hydrogen-bond donors (Lipinski definition) is 4. The summed E-state index contributed by atoms with van der Waals surface area (Å²) in [5.74, 6) is 0. The van der Waals surface area contributed by atoms with E-state index in [0.717, 1.165) is 21.3 Å². The van der Waals surface area contributed by atoms with Gasteiger partial charge in [-0.1, -0.05) is 0 Å². The number of hydrogen-bond acceptors (Lipinski definition) is 4. The second-order valence-corrected chi connectivity index (χ2v) is 1.09. The van der Waals surface area contributed by atoms with Gasteiger partial charge in [0.15, 0.2) is 0 Å². The highest BCUT2D eigenvalue weighted by atomic mass is 16.3. The molecule has 68 valence electrons. The summed E-state index contributed by atoms with van der Waals surface area (Å²) >= 11 is 0. The molecule has 0 aromatic carbocycles. The van der Waals surface area contributed by atoms with Crippen molar-refractivity contribution < 1.29 is 20.4 Å². The monoisotopic (exact) mass is 156 g/mol. The molecule has 0 rings (SSSR count). The minimum Gasteiger partial charge on any atom is -0.400 e. The number of aliphatic hydroxyl groups excluding tert-OH is 4. The minimum absolute atomic E-state index is 0.167. The van der Waals surface area contributed by atoms with Gasteiger partial charge < -0.3 is 20.4 Å². The first-order valence-corrected chi connectivity index (χ1v) is 2.75. The molecule has 0 unspecified atom stereocenters. The van der Waals surface area contributed by atoms with Crippen molar-refractivity contribution in [2.75, 3.05) is 21.3 Å². The molecule has 0 saturated carbocycles. The molecular weight excluding hydrogens is 136 g/mol. The summed E-state index contributed by atoms with van der Waals surface area (Å²) in [6.07, 6.45) is -0.167. The van der Waals surface area contributed by atoms with E-state index in [4.69, 9.17) is 20.4 Å². The van der Waals surface area contributed by atoms with Crippen LogP contribution in [0.1, 0.15) is 13.8 Å². The fourth-order valence-electron chi connectivity index (χ4n) is 0. The molecule has 0 aromatic heterocycles. The van der Waals surface area contributed by atoms with Crippen molar-refractivity contribution in [1.29, 1.82) is 0 Å². The lowest BCUT2D eigenvalue weighted by molar-refractivity contribution is 0.216. The highest BCUT2D eigenvalue weighted by Crippen LogP contribution is 1.65. The van der Waals surface area contributed by atoms with Crippen LogP contribution in [0.3, 0.4) is 0 Å². The normalized spacial score (nSPS) is 5.40. The van der Waals surface area contributed by atoms with Crippen LogP contribution in [-0.2, 0) is 0 Å². The van der Waals surface area contributed by atoms with Crippen molar-refractivity contribution in [3.8, 4) is 0 Å². The van der Waals surface area contributed by atoms with Gasteiger partial charge in [-0.05, 0) is 13.8 Å². The van der Waals surface area contributed by atoms with Gasteiger partial charge in [0.05, 0.1) is 0 Å². The maximum Gasteiger partial charge on any atom is 0.0483 e. The second-order valence-electron chi connectivity index (χ2n) is 1.09. The lowest BCUT2D eigenvalue weighted by Gasteiger charge is -1.80. The summed E-state index contributed by atoms with van der Waals surface area (Å²) in [5.41, 5.74) is 0. The van der Waals surface area contributed by atoms with E-state index in [2.05, 4.69) is 0 Å². The maximum absolute atomic E-state index is 8.06. The summed E-state index contributed by atoms with van der Waals surface area (Å²) < 4.78 is 0. The van der Waals surface area contributed by atoms with Crippen molar-refractivity contribution >= 4 is 0 Å². The number of aliphatic hydroxyl groups is 4. The molecule has 0 atom stereocenters. The lowest BCUT2D eigenvalue weighted by Crippen LogP contribution is -1.85. The van der Waals surface area contributed by atoms with Crippen LogP contribution in [0.5, 0.6) is 0 Å². The van der Waals surface area contributed by atoms with Crippen LogP contribution in [-0.4, -0.2) is 47.9 Å². The third-order valence-corrected chi connectivity index (χ3v) is 0. The van der Waals surface area contributed by atoms with Gasteiger partial charge in [-0.2, -0.15) is 0 Å². The highest BCUT2D eigenvalue weighted by Gasteiger charge is 1.69. The van der Waals surface area contributed by atoms with Crippen LogP contribution < -0.4 is 0 Å². The first kappa shape index (κ1) is 22.5. The Morgan fingerprint density at radius 2 is 0.700 bits per heavy atom. The Morgan fingerprint density at radius 1 is 0.700 bits per heavy atom. The zero-order valence-electron chi connectivity index (χ0n) is 7.37. The molecule has 0 aromatic rings. The average molecular weight is 156 g/mol. The summed E-state index contributed by atoms with van der Waals surface area (Å²) in [7, 11) is 3.00. The molecular formula is C6H20O4. The molecule has 0 amide bonds. The first-order valence-electron chi connectivity index (χ1n) is 2.75. The zero-order valence-corrected chi connectivity index (χ0v) is 7.37. The van der Waals surface area contributed by atoms with Gasteiger partial charge in [0, 0.05) is 27.4 Å². The molecule has 0 radical (unpaired) electrons. The van der Waals surface area contributed by atoms with Crippen LogP contribution in [0.25, 0.3) is 0 Å². The third kappa shape index (κ3) is 14300. The van der Waals surface area contributed by atoms with Crippen LogP contribution in [0.15, 0.2) is 0 Å². The summed E-state index contributed by atoms with van der Waals surface area (Å²) in [6.45, 7) is 3.44. The zero-order chi connectivity index (χ0) is 9.58. The average Bonchev–Trinajstić information content (AvgIpc) is 1.98. The van der Waals surface area contributed by atoms with E-state index in [-0.39, 0.29) is 6.10 Å². The molecule has 0 fully saturated rings. The van der Waals surface area contributed by atoms with Crippen molar-refractivity contribution in [1.82, 2.24) is 0 Å². The smallest absolute Gasteiger partial charge is 0.0483 e. The molecule has 4 heteroatoms.